The predicted octanol–water partition coefficient (Wildman–Crippen LogP) is 4.42. The van der Waals surface area contributed by atoms with Crippen molar-refractivity contribution in [2.75, 3.05) is 25.6 Å². The number of anilines is 1. The molecule has 1 aliphatic rings. The van der Waals surface area contributed by atoms with Crippen LogP contribution < -0.4 is 25.0 Å². The normalized spacial score (nSPS) is 17.2. The Balaban J connectivity index is 1.59. The number of methoxy groups -OCH3 is 1. The molecule has 0 amide bonds. The van der Waals surface area contributed by atoms with Crippen LogP contribution in [0.4, 0.5) is 5.69 Å². The fraction of sp³-hybridized carbons (Fsp3) is 0.259. The van der Waals surface area contributed by atoms with E-state index in [1.165, 1.54) is 0 Å². The zero-order valence-corrected chi connectivity index (χ0v) is 21.6. The summed E-state index contributed by atoms with van der Waals surface area (Å²) in [5, 5.41) is 8.05. The Morgan fingerprint density at radius 1 is 1.19 bits per heavy atom. The SMILES string of the molecule is CCOC(=O)COc1ccc2c(c1)/C(=N\NC(=S)Nc1cccc(OC)c1)C[C@](C)(c1cccnc1)O2. The first-order chi connectivity index (χ1) is 17.9. The van der Waals surface area contributed by atoms with Gasteiger partial charge in [-0.25, -0.2) is 4.79 Å². The predicted molar refractivity (Wildman–Crippen MR) is 144 cm³/mol. The first-order valence-electron chi connectivity index (χ1n) is 11.7. The van der Waals surface area contributed by atoms with E-state index in [1.54, 1.807) is 44.6 Å². The topological polar surface area (TPSA) is 103 Å². The number of pyridine rings is 1. The molecule has 0 unspecified atom stereocenters. The van der Waals surface area contributed by atoms with Gasteiger partial charge in [0.15, 0.2) is 11.7 Å². The minimum atomic E-state index is -0.711. The third-order valence-corrected chi connectivity index (χ3v) is 5.85. The summed E-state index contributed by atoms with van der Waals surface area (Å²) in [6.45, 7) is 3.83. The molecular weight excluding hydrogens is 492 g/mol. The highest BCUT2D eigenvalue weighted by atomic mass is 32.1. The molecule has 0 saturated heterocycles. The van der Waals surface area contributed by atoms with Crippen LogP contribution in [-0.4, -0.2) is 42.1 Å². The number of carbonyl (C=O) groups excluding carboxylic acids is 1. The van der Waals surface area contributed by atoms with Crippen LogP contribution in [-0.2, 0) is 15.1 Å². The van der Waals surface area contributed by atoms with Crippen molar-refractivity contribution >= 4 is 34.7 Å². The zero-order valence-electron chi connectivity index (χ0n) is 20.8. The Hall–Kier alpha value is -4.18. The molecule has 0 spiro atoms. The average molecular weight is 521 g/mol. The van der Waals surface area contributed by atoms with Gasteiger partial charge in [0.2, 0.25) is 0 Å². The molecule has 1 aromatic heterocycles. The van der Waals surface area contributed by atoms with Crippen molar-refractivity contribution in [2.24, 2.45) is 5.10 Å². The number of nitrogens with zero attached hydrogens (tertiary/aromatic N) is 2. The zero-order chi connectivity index (χ0) is 26.3. The third kappa shape index (κ3) is 6.53. The van der Waals surface area contributed by atoms with Crippen LogP contribution in [0.3, 0.4) is 0 Å². The minimum absolute atomic E-state index is 0.194. The summed E-state index contributed by atoms with van der Waals surface area (Å²) in [6, 6.07) is 16.6. The number of benzene rings is 2. The highest BCUT2D eigenvalue weighted by Crippen LogP contribution is 2.40. The van der Waals surface area contributed by atoms with Gasteiger partial charge >= 0.3 is 5.97 Å². The van der Waals surface area contributed by atoms with E-state index in [1.807, 2.05) is 43.3 Å². The Kier molecular flexibility index (Phi) is 8.19. The summed E-state index contributed by atoms with van der Waals surface area (Å²) < 4.78 is 22.3. The van der Waals surface area contributed by atoms with Crippen molar-refractivity contribution < 1.29 is 23.7 Å². The maximum absolute atomic E-state index is 11.7. The van der Waals surface area contributed by atoms with Gasteiger partial charge in [0.1, 0.15) is 22.8 Å². The molecule has 2 heterocycles. The molecule has 0 saturated carbocycles. The van der Waals surface area contributed by atoms with Crippen molar-refractivity contribution in [3.8, 4) is 17.2 Å². The lowest BCUT2D eigenvalue weighted by Crippen LogP contribution is -2.38. The summed E-state index contributed by atoms with van der Waals surface area (Å²) >= 11 is 5.47. The molecule has 10 heteroatoms. The lowest BCUT2D eigenvalue weighted by Gasteiger charge is -2.36. The number of fused-ring (bicyclic) bond motifs is 1. The van der Waals surface area contributed by atoms with Gasteiger partial charge in [0.25, 0.3) is 0 Å². The number of hydrogen-bond donors (Lipinski definition) is 2. The molecule has 9 nitrogen and oxygen atoms in total. The van der Waals surface area contributed by atoms with Gasteiger partial charge in [-0.1, -0.05) is 12.1 Å². The average Bonchev–Trinajstić information content (AvgIpc) is 2.91. The molecule has 0 bridgehead atoms. The summed E-state index contributed by atoms with van der Waals surface area (Å²) in [4.78, 5) is 16.0. The second-order valence-electron chi connectivity index (χ2n) is 8.36. The van der Waals surface area contributed by atoms with Crippen LogP contribution >= 0.6 is 12.2 Å². The Morgan fingerprint density at radius 3 is 2.81 bits per heavy atom. The molecule has 2 N–H and O–H groups in total. The van der Waals surface area contributed by atoms with Crippen molar-refractivity contribution in [1.82, 2.24) is 10.4 Å². The molecule has 4 rings (SSSR count). The van der Waals surface area contributed by atoms with Gasteiger partial charge in [-0.05, 0) is 62.5 Å². The lowest BCUT2D eigenvalue weighted by molar-refractivity contribution is -0.145. The van der Waals surface area contributed by atoms with Crippen molar-refractivity contribution in [1.29, 1.82) is 0 Å². The number of hydrazone groups is 1. The monoisotopic (exact) mass is 520 g/mol. The number of aromatic nitrogens is 1. The molecule has 37 heavy (non-hydrogen) atoms. The number of nitrogens with one attached hydrogen (secondary N) is 2. The summed E-state index contributed by atoms with van der Waals surface area (Å²) in [6.07, 6.45) is 3.93. The molecule has 1 aliphatic heterocycles. The molecular formula is C27H28N4O5S. The van der Waals surface area contributed by atoms with Gasteiger partial charge in [0, 0.05) is 41.7 Å². The van der Waals surface area contributed by atoms with E-state index in [0.717, 1.165) is 16.8 Å². The number of thiocarbonyl (C=S) groups is 1. The van der Waals surface area contributed by atoms with Crippen LogP contribution in [0.2, 0.25) is 0 Å². The molecule has 0 radical (unpaired) electrons. The molecule has 1 atom stereocenters. The Bertz CT molecular complexity index is 1300. The molecule has 2 aromatic carbocycles. The number of ether oxygens (including phenoxy) is 4. The largest absolute Gasteiger partial charge is 0.497 e. The fourth-order valence-electron chi connectivity index (χ4n) is 3.87. The first kappa shape index (κ1) is 25.9. The highest BCUT2D eigenvalue weighted by Gasteiger charge is 2.37. The standard InChI is InChI=1S/C27H28N4O5S/c1-4-34-25(32)17-35-21-10-11-24-22(14-21)23(15-27(2,36-24)18-7-6-12-28-16-18)30-31-26(37)29-19-8-5-9-20(13-19)33-3/h5-14,16H,4,15,17H2,1-3H3,(H2,29,31,37)/b30-23-/t27-/m1/s1. The molecule has 0 aliphatic carbocycles. The summed E-state index contributed by atoms with van der Waals surface area (Å²) in [7, 11) is 1.61. The van der Waals surface area contributed by atoms with E-state index in [9.17, 15) is 4.79 Å². The highest BCUT2D eigenvalue weighted by molar-refractivity contribution is 7.80. The summed E-state index contributed by atoms with van der Waals surface area (Å²) in [5.41, 5.74) is 5.32. The second kappa shape index (κ2) is 11.7. The van der Waals surface area contributed by atoms with Gasteiger partial charge in [-0.2, -0.15) is 5.10 Å². The van der Waals surface area contributed by atoms with Crippen LogP contribution in [0.15, 0.2) is 72.1 Å². The van der Waals surface area contributed by atoms with E-state index >= 15 is 0 Å². The number of rotatable bonds is 8. The Morgan fingerprint density at radius 2 is 2.05 bits per heavy atom. The van der Waals surface area contributed by atoms with Gasteiger partial charge in [0.05, 0.1) is 19.4 Å². The number of hydrogen-bond acceptors (Lipinski definition) is 8. The van der Waals surface area contributed by atoms with Crippen LogP contribution in [0.1, 0.15) is 31.4 Å². The molecule has 3 aromatic rings. The Labute approximate surface area is 220 Å². The van der Waals surface area contributed by atoms with E-state index < -0.39 is 11.6 Å². The number of carbonyl (C=O) groups is 1. The minimum Gasteiger partial charge on any atom is -0.497 e. The smallest absolute Gasteiger partial charge is 0.344 e. The summed E-state index contributed by atoms with van der Waals surface area (Å²) in [5.74, 6) is 1.38. The van der Waals surface area contributed by atoms with Gasteiger partial charge in [-0.15, -0.1) is 0 Å². The first-order valence-corrected chi connectivity index (χ1v) is 12.1. The quantitative estimate of drug-likeness (QED) is 0.254. The molecule has 192 valence electrons. The maximum Gasteiger partial charge on any atom is 0.344 e. The van der Waals surface area contributed by atoms with E-state index in [-0.39, 0.29) is 6.61 Å². The fourth-order valence-corrected chi connectivity index (χ4v) is 4.03. The van der Waals surface area contributed by atoms with E-state index in [0.29, 0.717) is 41.1 Å². The second-order valence-corrected chi connectivity index (χ2v) is 8.77. The van der Waals surface area contributed by atoms with E-state index in [2.05, 4.69) is 20.8 Å². The lowest BCUT2D eigenvalue weighted by atomic mass is 9.86. The van der Waals surface area contributed by atoms with Crippen LogP contribution in [0.25, 0.3) is 0 Å². The number of esters is 1. The van der Waals surface area contributed by atoms with Crippen molar-refractivity contribution in [3.63, 3.8) is 0 Å². The van der Waals surface area contributed by atoms with Gasteiger partial charge in [-0.3, -0.25) is 10.4 Å². The van der Waals surface area contributed by atoms with Crippen molar-refractivity contribution in [2.45, 2.75) is 25.9 Å². The van der Waals surface area contributed by atoms with E-state index in [4.69, 9.17) is 31.2 Å². The molecule has 0 fully saturated rings. The van der Waals surface area contributed by atoms with Crippen LogP contribution in [0, 0.1) is 0 Å². The third-order valence-electron chi connectivity index (χ3n) is 5.66. The van der Waals surface area contributed by atoms with Crippen LogP contribution in [0.5, 0.6) is 17.2 Å². The van der Waals surface area contributed by atoms with Gasteiger partial charge < -0.3 is 24.3 Å². The van der Waals surface area contributed by atoms with Crippen molar-refractivity contribution in [3.05, 3.63) is 78.1 Å². The maximum atomic E-state index is 11.7.